The van der Waals surface area contributed by atoms with E-state index in [9.17, 15) is 9.59 Å². The van der Waals surface area contributed by atoms with Crippen LogP contribution in [-0.2, 0) is 4.84 Å². The predicted molar refractivity (Wildman–Crippen MR) is 75.8 cm³/mol. The van der Waals surface area contributed by atoms with Crippen LogP contribution in [0.4, 0.5) is 0 Å². The fourth-order valence-electron chi connectivity index (χ4n) is 1.78. The molecule has 0 bridgehead atoms. The van der Waals surface area contributed by atoms with Crippen molar-refractivity contribution in [1.82, 2.24) is 5.48 Å². The van der Waals surface area contributed by atoms with Crippen molar-refractivity contribution in [1.29, 1.82) is 0 Å². The number of nitrogens with one attached hydrogen (secondary N) is 1. The Balaban J connectivity index is 2.39. The quantitative estimate of drug-likeness (QED) is 0.695. The largest absolute Gasteiger partial charge is 0.289 e. The Morgan fingerprint density at radius 1 is 1.00 bits per heavy atom. The van der Waals surface area contributed by atoms with E-state index in [-0.39, 0.29) is 11.3 Å². The first-order chi connectivity index (χ1) is 9.63. The number of hydrogen-bond donors (Lipinski definition) is 1. The highest BCUT2D eigenvalue weighted by atomic mass is 35.5. The second kappa shape index (κ2) is 6.32. The number of carbonyl (C=O) groups excluding carboxylic acids is 2. The Morgan fingerprint density at radius 3 is 2.20 bits per heavy atom. The summed E-state index contributed by atoms with van der Waals surface area (Å²) in [5, 5.41) is 0.548. The van der Waals surface area contributed by atoms with Gasteiger partial charge >= 0.3 is 0 Å². The number of hydrogen-bond acceptors (Lipinski definition) is 3. The Kier molecular flexibility index (Phi) is 4.50. The van der Waals surface area contributed by atoms with Crippen molar-refractivity contribution in [3.05, 3.63) is 70.2 Å². The van der Waals surface area contributed by atoms with Crippen molar-refractivity contribution in [3.63, 3.8) is 0 Å². The van der Waals surface area contributed by atoms with Gasteiger partial charge in [0.2, 0.25) is 0 Å². The summed E-state index contributed by atoms with van der Waals surface area (Å²) in [6.45, 7) is 0. The van der Waals surface area contributed by atoms with E-state index in [1.54, 1.807) is 48.5 Å². The molecule has 0 atom stereocenters. The highest BCUT2D eigenvalue weighted by Crippen LogP contribution is 2.17. The molecule has 2 aromatic rings. The van der Waals surface area contributed by atoms with E-state index in [1.807, 2.05) is 0 Å². The Morgan fingerprint density at radius 2 is 1.60 bits per heavy atom. The van der Waals surface area contributed by atoms with Crippen molar-refractivity contribution in [2.24, 2.45) is 0 Å². The molecule has 0 radical (unpaired) electrons. The lowest BCUT2D eigenvalue weighted by atomic mass is 9.98. The third kappa shape index (κ3) is 3.04. The van der Waals surface area contributed by atoms with Gasteiger partial charge in [0.1, 0.15) is 0 Å². The zero-order valence-electron chi connectivity index (χ0n) is 10.7. The van der Waals surface area contributed by atoms with E-state index in [2.05, 4.69) is 10.3 Å². The number of benzene rings is 2. The molecule has 0 heterocycles. The van der Waals surface area contributed by atoms with Crippen LogP contribution in [0.2, 0.25) is 5.02 Å². The third-order valence-corrected chi connectivity index (χ3v) is 2.97. The molecule has 4 nitrogen and oxygen atoms in total. The summed E-state index contributed by atoms with van der Waals surface area (Å²) in [5.74, 6) is -0.714. The minimum Gasteiger partial charge on any atom is -0.289 e. The van der Waals surface area contributed by atoms with Crippen LogP contribution in [0.1, 0.15) is 26.3 Å². The van der Waals surface area contributed by atoms with Gasteiger partial charge in [-0.3, -0.25) is 14.4 Å². The van der Waals surface area contributed by atoms with Gasteiger partial charge in [0.25, 0.3) is 5.91 Å². The molecule has 0 aromatic heterocycles. The minimum atomic E-state index is -0.467. The molecule has 2 rings (SSSR count). The molecule has 1 amide bonds. The molecule has 2 aromatic carbocycles. The smallest absolute Gasteiger partial charge is 0.275 e. The van der Waals surface area contributed by atoms with Crippen LogP contribution in [-0.4, -0.2) is 18.8 Å². The second-order valence-corrected chi connectivity index (χ2v) is 4.45. The van der Waals surface area contributed by atoms with E-state index in [1.165, 1.54) is 7.11 Å². The lowest BCUT2D eigenvalue weighted by molar-refractivity contribution is 0.0535. The molecule has 0 aliphatic carbocycles. The van der Waals surface area contributed by atoms with Crippen molar-refractivity contribution >= 4 is 23.3 Å². The van der Waals surface area contributed by atoms with Crippen LogP contribution in [0.25, 0.3) is 0 Å². The topological polar surface area (TPSA) is 55.4 Å². The molecule has 0 spiro atoms. The molecule has 0 aliphatic rings. The molecule has 0 fully saturated rings. The number of rotatable bonds is 4. The van der Waals surface area contributed by atoms with E-state index in [0.29, 0.717) is 16.1 Å². The first kappa shape index (κ1) is 14.2. The number of hydroxylamine groups is 1. The van der Waals surface area contributed by atoms with Crippen molar-refractivity contribution < 1.29 is 14.4 Å². The average molecular weight is 290 g/mol. The maximum Gasteiger partial charge on any atom is 0.275 e. The highest BCUT2D eigenvalue weighted by molar-refractivity contribution is 6.30. The Labute approximate surface area is 121 Å². The molecular weight excluding hydrogens is 278 g/mol. The highest BCUT2D eigenvalue weighted by Gasteiger charge is 2.17. The minimum absolute atomic E-state index is 0.247. The third-order valence-electron chi connectivity index (χ3n) is 2.72. The van der Waals surface area contributed by atoms with Gasteiger partial charge in [-0.25, -0.2) is 5.48 Å². The maximum atomic E-state index is 12.4. The lowest BCUT2D eigenvalue weighted by Crippen LogP contribution is -2.24. The maximum absolute atomic E-state index is 12.4. The summed E-state index contributed by atoms with van der Waals surface area (Å²) >= 11 is 5.79. The standard InChI is InChI=1S/C15H12ClNO3/c1-20-17-15(19)13-5-3-2-4-12(13)14(18)10-6-8-11(16)9-7-10/h2-9H,1H3,(H,17,19). The van der Waals surface area contributed by atoms with Crippen LogP contribution >= 0.6 is 11.6 Å². The monoisotopic (exact) mass is 289 g/mol. The van der Waals surface area contributed by atoms with Crippen molar-refractivity contribution in [3.8, 4) is 0 Å². The van der Waals surface area contributed by atoms with Crippen LogP contribution < -0.4 is 5.48 Å². The van der Waals surface area contributed by atoms with Crippen LogP contribution in [0.5, 0.6) is 0 Å². The summed E-state index contributed by atoms with van der Waals surface area (Å²) in [6.07, 6.45) is 0. The summed E-state index contributed by atoms with van der Waals surface area (Å²) in [4.78, 5) is 28.9. The van der Waals surface area contributed by atoms with Crippen LogP contribution in [0.15, 0.2) is 48.5 Å². The van der Waals surface area contributed by atoms with Gasteiger partial charge in [-0.15, -0.1) is 0 Å². The number of amides is 1. The summed E-state index contributed by atoms with van der Waals surface area (Å²) in [5.41, 5.74) is 3.24. The zero-order chi connectivity index (χ0) is 14.5. The average Bonchev–Trinajstić information content (AvgIpc) is 2.47. The van der Waals surface area contributed by atoms with Gasteiger partial charge in [-0.1, -0.05) is 29.8 Å². The second-order valence-electron chi connectivity index (χ2n) is 4.02. The van der Waals surface area contributed by atoms with E-state index in [0.717, 1.165) is 0 Å². The normalized spacial score (nSPS) is 10.1. The first-order valence-corrected chi connectivity index (χ1v) is 6.24. The van der Waals surface area contributed by atoms with Gasteiger partial charge in [-0.05, 0) is 30.3 Å². The molecule has 0 aliphatic heterocycles. The Bertz CT molecular complexity index is 638. The summed E-state index contributed by atoms with van der Waals surface area (Å²) in [7, 11) is 1.33. The van der Waals surface area contributed by atoms with Gasteiger partial charge in [0, 0.05) is 16.1 Å². The molecule has 0 unspecified atom stereocenters. The number of carbonyl (C=O) groups is 2. The van der Waals surface area contributed by atoms with Gasteiger partial charge in [0.15, 0.2) is 5.78 Å². The summed E-state index contributed by atoms with van der Waals surface area (Å²) in [6, 6.07) is 13.1. The molecule has 0 saturated carbocycles. The molecule has 102 valence electrons. The van der Waals surface area contributed by atoms with Gasteiger partial charge in [-0.2, -0.15) is 0 Å². The van der Waals surface area contributed by atoms with Crippen molar-refractivity contribution in [2.45, 2.75) is 0 Å². The van der Waals surface area contributed by atoms with E-state index < -0.39 is 5.91 Å². The van der Waals surface area contributed by atoms with Crippen LogP contribution in [0.3, 0.4) is 0 Å². The molecule has 0 saturated heterocycles. The number of ketones is 1. The molecule has 1 N–H and O–H groups in total. The molecule has 20 heavy (non-hydrogen) atoms. The van der Waals surface area contributed by atoms with Gasteiger partial charge in [0.05, 0.1) is 12.7 Å². The molecular formula is C15H12ClNO3. The fourth-order valence-corrected chi connectivity index (χ4v) is 1.91. The Hall–Kier alpha value is -2.17. The fraction of sp³-hybridized carbons (Fsp3) is 0.0667. The first-order valence-electron chi connectivity index (χ1n) is 5.86. The summed E-state index contributed by atoms with van der Waals surface area (Å²) < 4.78 is 0. The SMILES string of the molecule is CONC(=O)c1ccccc1C(=O)c1ccc(Cl)cc1. The predicted octanol–water partition coefficient (Wildman–Crippen LogP) is 2.86. The van der Waals surface area contributed by atoms with E-state index in [4.69, 9.17) is 11.6 Å². The van der Waals surface area contributed by atoms with Crippen LogP contribution in [0, 0.1) is 0 Å². The van der Waals surface area contributed by atoms with Gasteiger partial charge < -0.3 is 0 Å². The van der Waals surface area contributed by atoms with Crippen molar-refractivity contribution in [2.75, 3.05) is 7.11 Å². The molecule has 5 heteroatoms. The number of halogens is 1. The zero-order valence-corrected chi connectivity index (χ0v) is 11.5. The lowest BCUT2D eigenvalue weighted by Gasteiger charge is -2.08. The van der Waals surface area contributed by atoms with E-state index >= 15 is 0 Å².